The Morgan fingerprint density at radius 2 is 2.11 bits per heavy atom. The molecule has 0 bridgehead atoms. The molecule has 3 nitrogen and oxygen atoms in total. The highest BCUT2D eigenvalue weighted by atomic mass is 35.5. The molecule has 96 valence electrons. The average molecular weight is 266 g/mol. The summed E-state index contributed by atoms with van der Waals surface area (Å²) in [6.45, 7) is 0. The van der Waals surface area contributed by atoms with Gasteiger partial charge in [0.05, 0.1) is 16.7 Å². The number of benzene rings is 1. The summed E-state index contributed by atoms with van der Waals surface area (Å²) in [4.78, 5) is 0. The maximum absolute atomic E-state index is 8.81. The molecule has 4 heteroatoms. The fraction of sp³-hybridized carbons (Fsp3) is 0.500. The minimum Gasteiger partial charge on any atom is -0.490 e. The molecule has 18 heavy (non-hydrogen) atoms. The SMILES string of the molecule is COC1CCCC(Oc2ccc(C#N)c(Cl)c2)C1. The standard InChI is InChI=1S/C14H16ClNO2/c1-17-11-3-2-4-12(7-11)18-13-6-5-10(9-16)14(15)8-13/h5-6,8,11-12H,2-4,7H2,1H3. The van der Waals surface area contributed by atoms with Crippen molar-refractivity contribution in [3.8, 4) is 11.8 Å². The van der Waals surface area contributed by atoms with Gasteiger partial charge in [0.25, 0.3) is 0 Å². The van der Waals surface area contributed by atoms with E-state index in [1.54, 1.807) is 25.3 Å². The van der Waals surface area contributed by atoms with E-state index in [0.29, 0.717) is 10.6 Å². The van der Waals surface area contributed by atoms with Crippen molar-refractivity contribution in [3.05, 3.63) is 28.8 Å². The van der Waals surface area contributed by atoms with E-state index in [2.05, 4.69) is 0 Å². The Morgan fingerprint density at radius 1 is 1.33 bits per heavy atom. The van der Waals surface area contributed by atoms with Crippen LogP contribution in [0.5, 0.6) is 5.75 Å². The lowest BCUT2D eigenvalue weighted by Crippen LogP contribution is -2.29. The van der Waals surface area contributed by atoms with Crippen LogP contribution >= 0.6 is 11.6 Å². The molecule has 1 aromatic carbocycles. The van der Waals surface area contributed by atoms with E-state index in [-0.39, 0.29) is 12.2 Å². The van der Waals surface area contributed by atoms with Gasteiger partial charge in [-0.25, -0.2) is 0 Å². The Hall–Kier alpha value is -1.24. The average Bonchev–Trinajstić information content (AvgIpc) is 2.39. The smallest absolute Gasteiger partial charge is 0.121 e. The highest BCUT2D eigenvalue weighted by molar-refractivity contribution is 6.31. The van der Waals surface area contributed by atoms with Crippen molar-refractivity contribution >= 4 is 11.6 Å². The number of hydrogen-bond acceptors (Lipinski definition) is 3. The zero-order valence-corrected chi connectivity index (χ0v) is 11.1. The molecule has 0 heterocycles. The van der Waals surface area contributed by atoms with Crippen LogP contribution in [0, 0.1) is 11.3 Å². The number of nitriles is 1. The number of ether oxygens (including phenoxy) is 2. The van der Waals surface area contributed by atoms with Crippen LogP contribution in [0.2, 0.25) is 5.02 Å². The third kappa shape index (κ3) is 3.16. The van der Waals surface area contributed by atoms with Crippen molar-refractivity contribution in [1.82, 2.24) is 0 Å². The van der Waals surface area contributed by atoms with Crippen LogP contribution in [0.1, 0.15) is 31.2 Å². The predicted molar refractivity (Wildman–Crippen MR) is 69.8 cm³/mol. The summed E-state index contributed by atoms with van der Waals surface area (Å²) in [6, 6.07) is 7.22. The third-order valence-electron chi connectivity index (χ3n) is 3.28. The third-order valence-corrected chi connectivity index (χ3v) is 3.59. The van der Waals surface area contributed by atoms with E-state index in [9.17, 15) is 0 Å². The Kier molecular flexibility index (Phi) is 4.46. The van der Waals surface area contributed by atoms with Crippen LogP contribution in [-0.2, 0) is 4.74 Å². The van der Waals surface area contributed by atoms with Crippen LogP contribution in [0.3, 0.4) is 0 Å². The Bertz CT molecular complexity index is 456. The molecule has 0 radical (unpaired) electrons. The number of halogens is 1. The topological polar surface area (TPSA) is 42.2 Å². The molecule has 1 aromatic rings. The first-order chi connectivity index (χ1) is 8.72. The van der Waals surface area contributed by atoms with Gasteiger partial charge in [-0.15, -0.1) is 0 Å². The summed E-state index contributed by atoms with van der Waals surface area (Å²) in [6.07, 6.45) is 4.63. The van der Waals surface area contributed by atoms with Gasteiger partial charge in [0.1, 0.15) is 17.9 Å². The van der Waals surface area contributed by atoms with E-state index >= 15 is 0 Å². The van der Waals surface area contributed by atoms with E-state index in [1.807, 2.05) is 6.07 Å². The fourth-order valence-electron chi connectivity index (χ4n) is 2.28. The summed E-state index contributed by atoms with van der Waals surface area (Å²) in [7, 11) is 1.74. The van der Waals surface area contributed by atoms with Gasteiger partial charge < -0.3 is 9.47 Å². The van der Waals surface area contributed by atoms with Crippen LogP contribution in [-0.4, -0.2) is 19.3 Å². The summed E-state index contributed by atoms with van der Waals surface area (Å²) < 4.78 is 11.3. The molecule has 0 aromatic heterocycles. The van der Waals surface area contributed by atoms with Crippen LogP contribution < -0.4 is 4.74 Å². The van der Waals surface area contributed by atoms with Crippen molar-refractivity contribution in [1.29, 1.82) is 5.26 Å². The maximum Gasteiger partial charge on any atom is 0.121 e. The number of hydrogen-bond donors (Lipinski definition) is 0. The highest BCUT2D eigenvalue weighted by Crippen LogP contribution is 2.27. The molecule has 0 aliphatic heterocycles. The van der Waals surface area contributed by atoms with Crippen LogP contribution in [0.4, 0.5) is 0 Å². The molecule has 2 unspecified atom stereocenters. The van der Waals surface area contributed by atoms with Gasteiger partial charge in [0.15, 0.2) is 0 Å². The monoisotopic (exact) mass is 265 g/mol. The van der Waals surface area contributed by atoms with E-state index in [0.717, 1.165) is 31.4 Å². The molecule has 1 aliphatic rings. The van der Waals surface area contributed by atoms with Gasteiger partial charge in [0.2, 0.25) is 0 Å². The molecule has 1 fully saturated rings. The fourth-order valence-corrected chi connectivity index (χ4v) is 2.49. The molecule has 0 saturated heterocycles. The van der Waals surface area contributed by atoms with Crippen molar-refractivity contribution < 1.29 is 9.47 Å². The second-order valence-electron chi connectivity index (χ2n) is 4.52. The first kappa shape index (κ1) is 13.2. The Balaban J connectivity index is 2.01. The van der Waals surface area contributed by atoms with Gasteiger partial charge in [-0.3, -0.25) is 0 Å². The molecule has 0 amide bonds. The lowest BCUT2D eigenvalue weighted by Gasteiger charge is -2.28. The van der Waals surface area contributed by atoms with E-state index < -0.39 is 0 Å². The van der Waals surface area contributed by atoms with Gasteiger partial charge in [-0.2, -0.15) is 5.26 Å². The molecule has 2 atom stereocenters. The summed E-state index contributed by atoms with van der Waals surface area (Å²) in [5.74, 6) is 0.723. The Morgan fingerprint density at radius 3 is 2.78 bits per heavy atom. The molecule has 0 N–H and O–H groups in total. The zero-order chi connectivity index (χ0) is 13.0. The number of methoxy groups -OCH3 is 1. The van der Waals surface area contributed by atoms with Crippen molar-refractivity contribution in [3.63, 3.8) is 0 Å². The first-order valence-corrected chi connectivity index (χ1v) is 6.50. The summed E-state index contributed by atoms with van der Waals surface area (Å²) in [5, 5.41) is 9.24. The quantitative estimate of drug-likeness (QED) is 0.839. The van der Waals surface area contributed by atoms with Crippen LogP contribution in [0.15, 0.2) is 18.2 Å². The highest BCUT2D eigenvalue weighted by Gasteiger charge is 2.23. The van der Waals surface area contributed by atoms with Crippen molar-refractivity contribution in [2.45, 2.75) is 37.9 Å². The largest absolute Gasteiger partial charge is 0.490 e. The van der Waals surface area contributed by atoms with E-state index in [1.165, 1.54) is 0 Å². The van der Waals surface area contributed by atoms with Crippen molar-refractivity contribution in [2.75, 3.05) is 7.11 Å². The minimum atomic E-state index is 0.174. The Labute approximate surface area is 112 Å². The molecular formula is C14H16ClNO2. The van der Waals surface area contributed by atoms with Crippen LogP contribution in [0.25, 0.3) is 0 Å². The maximum atomic E-state index is 8.81. The normalized spacial score (nSPS) is 23.4. The number of nitrogens with zero attached hydrogens (tertiary/aromatic N) is 1. The van der Waals surface area contributed by atoms with E-state index in [4.69, 9.17) is 26.3 Å². The lowest BCUT2D eigenvalue weighted by atomic mass is 9.95. The van der Waals surface area contributed by atoms with Gasteiger partial charge >= 0.3 is 0 Å². The van der Waals surface area contributed by atoms with Gasteiger partial charge in [-0.05, 0) is 31.4 Å². The molecule has 2 rings (SSSR count). The molecule has 0 spiro atoms. The first-order valence-electron chi connectivity index (χ1n) is 6.12. The zero-order valence-electron chi connectivity index (χ0n) is 10.4. The molecule has 1 saturated carbocycles. The predicted octanol–water partition coefficient (Wildman–Crippen LogP) is 3.55. The van der Waals surface area contributed by atoms with Gasteiger partial charge in [0, 0.05) is 19.6 Å². The molecule has 1 aliphatic carbocycles. The number of rotatable bonds is 3. The summed E-state index contributed by atoms with van der Waals surface area (Å²) >= 11 is 5.98. The van der Waals surface area contributed by atoms with Crippen molar-refractivity contribution in [2.24, 2.45) is 0 Å². The van der Waals surface area contributed by atoms with Gasteiger partial charge in [-0.1, -0.05) is 11.6 Å². The molecular weight excluding hydrogens is 250 g/mol. The second kappa shape index (κ2) is 6.08. The lowest BCUT2D eigenvalue weighted by molar-refractivity contribution is 0.0210. The minimum absolute atomic E-state index is 0.174. The summed E-state index contributed by atoms with van der Waals surface area (Å²) in [5.41, 5.74) is 0.474. The second-order valence-corrected chi connectivity index (χ2v) is 4.92.